The molecule has 1 heterocycles. The molecule has 1 amide bonds. The van der Waals surface area contributed by atoms with Crippen LogP contribution in [-0.2, 0) is 9.05 Å². The molecule has 0 unspecified atom stereocenters. The first kappa shape index (κ1) is 19.1. The van der Waals surface area contributed by atoms with Crippen LogP contribution in [0.1, 0.15) is 16.2 Å². The molecule has 0 spiro atoms. The lowest BCUT2D eigenvalue weighted by Crippen LogP contribution is -2.18. The van der Waals surface area contributed by atoms with E-state index in [4.69, 9.17) is 10.7 Å². The maximum absolute atomic E-state index is 13.3. The first-order valence-electron chi connectivity index (χ1n) is 6.38. The predicted molar refractivity (Wildman–Crippen MR) is 79.6 cm³/mol. The van der Waals surface area contributed by atoms with Gasteiger partial charge in [0.15, 0.2) is 11.6 Å². The summed E-state index contributed by atoms with van der Waals surface area (Å²) in [5.41, 5.74) is -0.312. The SMILES string of the molecule is Cc1[nH]c(C(=O)Nc2ccc(F)c(OC(F)(F)F)c2)cc1S(=O)(=O)Cl. The zero-order valence-electron chi connectivity index (χ0n) is 12.2. The average molecular weight is 401 g/mol. The molecular weight excluding hydrogens is 392 g/mol. The molecule has 136 valence electrons. The van der Waals surface area contributed by atoms with Crippen molar-refractivity contribution >= 4 is 31.3 Å². The Hall–Kier alpha value is -2.27. The van der Waals surface area contributed by atoms with E-state index in [1.807, 2.05) is 0 Å². The number of aromatic nitrogens is 1. The molecule has 0 aliphatic rings. The first-order chi connectivity index (χ1) is 11.4. The molecule has 2 rings (SSSR count). The Kier molecular flexibility index (Phi) is 5.00. The number of halogens is 5. The molecule has 0 aliphatic heterocycles. The van der Waals surface area contributed by atoms with Crippen molar-refractivity contribution in [2.24, 2.45) is 0 Å². The third kappa shape index (κ3) is 4.86. The second kappa shape index (κ2) is 6.56. The number of H-pyrrole nitrogens is 1. The minimum absolute atomic E-state index is 0.0975. The van der Waals surface area contributed by atoms with Crippen LogP contribution >= 0.6 is 10.7 Å². The zero-order chi connectivity index (χ0) is 19.0. The van der Waals surface area contributed by atoms with E-state index in [0.717, 1.165) is 12.1 Å². The third-order valence-corrected chi connectivity index (χ3v) is 4.34. The lowest BCUT2D eigenvalue weighted by atomic mass is 10.2. The summed E-state index contributed by atoms with van der Waals surface area (Å²) in [4.78, 5) is 14.2. The van der Waals surface area contributed by atoms with Gasteiger partial charge in [0, 0.05) is 28.1 Å². The molecule has 0 saturated carbocycles. The minimum Gasteiger partial charge on any atom is -0.403 e. The largest absolute Gasteiger partial charge is 0.573 e. The number of carbonyl (C=O) groups is 1. The van der Waals surface area contributed by atoms with E-state index in [9.17, 15) is 30.8 Å². The number of carbonyl (C=O) groups excluding carboxylic acids is 1. The van der Waals surface area contributed by atoms with Crippen LogP contribution in [0.4, 0.5) is 23.2 Å². The fourth-order valence-corrected chi connectivity index (χ4v) is 3.05. The molecule has 0 atom stereocenters. The van der Waals surface area contributed by atoms with Crippen molar-refractivity contribution in [1.82, 2.24) is 4.98 Å². The topological polar surface area (TPSA) is 88.3 Å². The Morgan fingerprint density at radius 3 is 2.44 bits per heavy atom. The second-order valence-corrected chi connectivity index (χ2v) is 7.29. The molecule has 25 heavy (non-hydrogen) atoms. The highest BCUT2D eigenvalue weighted by molar-refractivity contribution is 8.13. The van der Waals surface area contributed by atoms with Crippen LogP contribution in [0.15, 0.2) is 29.2 Å². The minimum atomic E-state index is -5.11. The van der Waals surface area contributed by atoms with Crippen molar-refractivity contribution in [3.05, 3.63) is 41.5 Å². The van der Waals surface area contributed by atoms with Gasteiger partial charge < -0.3 is 15.0 Å². The molecule has 1 aromatic carbocycles. The number of nitrogens with one attached hydrogen (secondary N) is 2. The van der Waals surface area contributed by atoms with E-state index in [0.29, 0.717) is 12.1 Å². The van der Waals surface area contributed by atoms with Gasteiger partial charge in [0.1, 0.15) is 10.6 Å². The Morgan fingerprint density at radius 2 is 1.92 bits per heavy atom. The molecule has 0 saturated heterocycles. The number of hydrogen-bond acceptors (Lipinski definition) is 4. The lowest BCUT2D eigenvalue weighted by Gasteiger charge is -2.11. The maximum atomic E-state index is 13.3. The molecule has 0 aliphatic carbocycles. The number of hydrogen-bond donors (Lipinski definition) is 2. The van der Waals surface area contributed by atoms with E-state index in [1.54, 1.807) is 0 Å². The van der Waals surface area contributed by atoms with Gasteiger partial charge in [-0.2, -0.15) is 0 Å². The van der Waals surface area contributed by atoms with Crippen molar-refractivity contribution in [3.8, 4) is 5.75 Å². The summed E-state index contributed by atoms with van der Waals surface area (Å²) in [6.07, 6.45) is -5.11. The predicted octanol–water partition coefficient (Wildman–Crippen LogP) is 3.54. The van der Waals surface area contributed by atoms with Crippen LogP contribution in [0.3, 0.4) is 0 Å². The third-order valence-electron chi connectivity index (χ3n) is 2.89. The number of anilines is 1. The molecule has 0 fully saturated rings. The molecule has 12 heteroatoms. The van der Waals surface area contributed by atoms with Crippen LogP contribution in [0, 0.1) is 12.7 Å². The fraction of sp³-hybridized carbons (Fsp3) is 0.154. The monoisotopic (exact) mass is 400 g/mol. The Labute approximate surface area is 143 Å². The van der Waals surface area contributed by atoms with Crippen molar-refractivity contribution in [2.45, 2.75) is 18.2 Å². The quantitative estimate of drug-likeness (QED) is 0.607. The van der Waals surface area contributed by atoms with Gasteiger partial charge in [-0.15, -0.1) is 13.2 Å². The van der Waals surface area contributed by atoms with E-state index >= 15 is 0 Å². The van der Waals surface area contributed by atoms with Gasteiger partial charge in [-0.05, 0) is 25.1 Å². The maximum Gasteiger partial charge on any atom is 0.573 e. The average Bonchev–Trinajstić information content (AvgIpc) is 2.83. The van der Waals surface area contributed by atoms with Gasteiger partial charge in [-0.1, -0.05) is 0 Å². The summed E-state index contributed by atoms with van der Waals surface area (Å²) in [6.45, 7) is 1.36. The van der Waals surface area contributed by atoms with Crippen LogP contribution in [0.25, 0.3) is 0 Å². The van der Waals surface area contributed by atoms with E-state index < -0.39 is 32.9 Å². The van der Waals surface area contributed by atoms with Gasteiger partial charge in [0.05, 0.1) is 0 Å². The highest BCUT2D eigenvalue weighted by Crippen LogP contribution is 2.28. The van der Waals surface area contributed by atoms with Crippen LogP contribution in [0.5, 0.6) is 5.75 Å². The highest BCUT2D eigenvalue weighted by Gasteiger charge is 2.32. The molecule has 1 aromatic heterocycles. The van der Waals surface area contributed by atoms with Gasteiger partial charge in [-0.25, -0.2) is 12.8 Å². The van der Waals surface area contributed by atoms with Crippen LogP contribution < -0.4 is 10.1 Å². The molecule has 2 aromatic rings. The molecule has 0 radical (unpaired) electrons. The highest BCUT2D eigenvalue weighted by atomic mass is 35.7. The van der Waals surface area contributed by atoms with Gasteiger partial charge in [0.2, 0.25) is 0 Å². The number of alkyl halides is 3. The van der Waals surface area contributed by atoms with Crippen LogP contribution in [0.2, 0.25) is 0 Å². The Morgan fingerprint density at radius 1 is 1.28 bits per heavy atom. The normalized spacial score (nSPS) is 12.1. The number of benzene rings is 1. The van der Waals surface area contributed by atoms with Gasteiger partial charge >= 0.3 is 6.36 Å². The van der Waals surface area contributed by atoms with Crippen LogP contribution in [-0.4, -0.2) is 25.7 Å². The summed E-state index contributed by atoms with van der Waals surface area (Å²) in [7, 11) is 1.11. The van der Waals surface area contributed by atoms with E-state index in [-0.39, 0.29) is 22.0 Å². The smallest absolute Gasteiger partial charge is 0.403 e. The first-order valence-corrected chi connectivity index (χ1v) is 8.68. The molecular formula is C13H9ClF4N2O4S. The zero-order valence-corrected chi connectivity index (χ0v) is 13.8. The van der Waals surface area contributed by atoms with Gasteiger partial charge in [-0.3, -0.25) is 4.79 Å². The molecule has 0 bridgehead atoms. The standard InChI is InChI=1S/C13H9ClF4N2O4S/c1-6-11(25(14,22)23)5-9(19-6)12(21)20-7-2-3-8(15)10(4-7)24-13(16,17)18/h2-5,19H,1H3,(H,20,21). The fourth-order valence-electron chi connectivity index (χ4n) is 1.90. The number of rotatable bonds is 4. The summed E-state index contributed by atoms with van der Waals surface area (Å²) in [5, 5.41) is 2.18. The Bertz CT molecular complexity index is 925. The van der Waals surface area contributed by atoms with Crippen molar-refractivity contribution in [2.75, 3.05) is 5.32 Å². The number of aromatic amines is 1. The Balaban J connectivity index is 2.25. The number of aryl methyl sites for hydroxylation is 1. The van der Waals surface area contributed by atoms with E-state index in [2.05, 4.69) is 15.0 Å². The number of ether oxygens (including phenoxy) is 1. The summed E-state index contributed by atoms with van der Waals surface area (Å²) >= 11 is 0. The molecule has 2 N–H and O–H groups in total. The second-order valence-electron chi connectivity index (χ2n) is 4.76. The van der Waals surface area contributed by atoms with E-state index in [1.165, 1.54) is 6.92 Å². The lowest BCUT2D eigenvalue weighted by molar-refractivity contribution is -0.275. The van der Waals surface area contributed by atoms with Crippen molar-refractivity contribution < 1.29 is 35.5 Å². The van der Waals surface area contributed by atoms with Gasteiger partial charge in [0.25, 0.3) is 15.0 Å². The molecule has 6 nitrogen and oxygen atoms in total. The summed E-state index contributed by atoms with van der Waals surface area (Å²) in [5.74, 6) is -3.28. The summed E-state index contributed by atoms with van der Waals surface area (Å²) < 4.78 is 76.0. The van der Waals surface area contributed by atoms with Crippen molar-refractivity contribution in [3.63, 3.8) is 0 Å². The number of amides is 1. The van der Waals surface area contributed by atoms with Crippen molar-refractivity contribution in [1.29, 1.82) is 0 Å². The summed E-state index contributed by atoms with van der Waals surface area (Å²) in [6, 6.07) is 3.27.